The SMILES string of the molecule is COc1cc(OC)cc(C(=O)NCc2cc(OCCc3nc(-c4ccccc4)oc3C)ccc2CCC(=O)O)c1. The van der Waals surface area contributed by atoms with Gasteiger partial charge in [0.05, 0.1) is 26.5 Å². The quantitative estimate of drug-likeness (QED) is 0.235. The smallest absolute Gasteiger partial charge is 0.303 e. The molecule has 0 spiro atoms. The molecule has 0 radical (unpaired) electrons. The van der Waals surface area contributed by atoms with Crippen LogP contribution < -0.4 is 19.5 Å². The first-order valence-corrected chi connectivity index (χ1v) is 12.9. The highest BCUT2D eigenvalue weighted by atomic mass is 16.5. The lowest BCUT2D eigenvalue weighted by Crippen LogP contribution is -2.23. The lowest BCUT2D eigenvalue weighted by molar-refractivity contribution is -0.136. The van der Waals surface area contributed by atoms with E-state index in [1.165, 1.54) is 14.2 Å². The fraction of sp³-hybridized carbons (Fsp3) is 0.258. The second-order valence-corrected chi connectivity index (χ2v) is 9.09. The molecule has 0 atom stereocenters. The summed E-state index contributed by atoms with van der Waals surface area (Å²) in [5.74, 6) is 1.71. The number of ether oxygens (including phenoxy) is 3. The monoisotopic (exact) mass is 544 g/mol. The second kappa shape index (κ2) is 13.3. The van der Waals surface area contributed by atoms with Gasteiger partial charge < -0.3 is 29.1 Å². The standard InChI is InChI=1S/C31H32N2O7/c1-20-28(33-31(40-20)22-7-5-4-6-8-22)13-14-39-25-11-9-21(10-12-29(34)35)24(17-25)19-32-30(36)23-15-26(37-2)18-27(16-23)38-3/h4-9,11,15-18H,10,12-14,19H2,1-3H3,(H,32,36)(H,34,35). The number of hydrogen-bond acceptors (Lipinski definition) is 7. The summed E-state index contributed by atoms with van der Waals surface area (Å²) in [7, 11) is 3.03. The number of benzene rings is 3. The zero-order chi connectivity index (χ0) is 28.5. The van der Waals surface area contributed by atoms with E-state index in [1.54, 1.807) is 24.3 Å². The van der Waals surface area contributed by atoms with E-state index in [0.717, 1.165) is 28.1 Å². The molecule has 0 fully saturated rings. The molecule has 40 heavy (non-hydrogen) atoms. The minimum absolute atomic E-state index is 0.0244. The Bertz CT molecular complexity index is 1440. The fourth-order valence-electron chi connectivity index (χ4n) is 4.19. The number of methoxy groups -OCH3 is 2. The third-order valence-corrected chi connectivity index (χ3v) is 6.36. The predicted molar refractivity (Wildman–Crippen MR) is 149 cm³/mol. The topological polar surface area (TPSA) is 120 Å². The normalized spacial score (nSPS) is 10.7. The van der Waals surface area contributed by atoms with Gasteiger partial charge in [0.1, 0.15) is 23.0 Å². The molecule has 9 heteroatoms. The largest absolute Gasteiger partial charge is 0.497 e. The number of carbonyl (C=O) groups is 2. The van der Waals surface area contributed by atoms with Gasteiger partial charge in [0, 0.05) is 36.6 Å². The summed E-state index contributed by atoms with van der Waals surface area (Å²) < 4.78 is 22.4. The van der Waals surface area contributed by atoms with Crippen molar-refractivity contribution in [3.05, 3.63) is 94.9 Å². The Morgan fingerprint density at radius 3 is 2.30 bits per heavy atom. The van der Waals surface area contributed by atoms with Gasteiger partial charge in [0.15, 0.2) is 0 Å². The lowest BCUT2D eigenvalue weighted by atomic mass is 10.0. The molecule has 4 rings (SSSR count). The minimum atomic E-state index is -0.892. The van der Waals surface area contributed by atoms with E-state index in [0.29, 0.717) is 48.2 Å². The van der Waals surface area contributed by atoms with Crippen LogP contribution in [0.15, 0.2) is 71.1 Å². The summed E-state index contributed by atoms with van der Waals surface area (Å²) in [4.78, 5) is 28.7. The number of carboxylic acid groups (broad SMARTS) is 1. The molecule has 0 bridgehead atoms. The van der Waals surface area contributed by atoms with Gasteiger partial charge in [-0.15, -0.1) is 0 Å². The van der Waals surface area contributed by atoms with Crippen LogP contribution in [0.5, 0.6) is 17.2 Å². The van der Waals surface area contributed by atoms with Crippen molar-refractivity contribution in [3.8, 4) is 28.7 Å². The van der Waals surface area contributed by atoms with Crippen molar-refractivity contribution in [1.29, 1.82) is 0 Å². The Labute approximate surface area is 232 Å². The molecule has 1 aromatic heterocycles. The molecule has 1 heterocycles. The first-order chi connectivity index (χ1) is 19.4. The highest BCUT2D eigenvalue weighted by molar-refractivity contribution is 5.95. The molecule has 208 valence electrons. The van der Waals surface area contributed by atoms with Gasteiger partial charge in [-0.2, -0.15) is 0 Å². The average molecular weight is 545 g/mol. The molecule has 0 aliphatic carbocycles. The number of amides is 1. The summed E-state index contributed by atoms with van der Waals surface area (Å²) in [5.41, 5.74) is 3.70. The molecule has 1 amide bonds. The molecule has 3 aromatic carbocycles. The van der Waals surface area contributed by atoms with Crippen LogP contribution in [-0.4, -0.2) is 42.8 Å². The number of carbonyl (C=O) groups excluding carboxylic acids is 1. The number of oxazole rings is 1. The van der Waals surface area contributed by atoms with Gasteiger partial charge in [-0.05, 0) is 60.9 Å². The molecular weight excluding hydrogens is 512 g/mol. The van der Waals surface area contributed by atoms with Gasteiger partial charge in [0.2, 0.25) is 5.89 Å². The van der Waals surface area contributed by atoms with Gasteiger partial charge in [-0.25, -0.2) is 4.98 Å². The maximum atomic E-state index is 12.9. The van der Waals surface area contributed by atoms with Crippen molar-refractivity contribution in [2.45, 2.75) is 32.7 Å². The van der Waals surface area contributed by atoms with Crippen LogP contribution in [0.2, 0.25) is 0 Å². The Morgan fingerprint density at radius 2 is 1.62 bits per heavy atom. The second-order valence-electron chi connectivity index (χ2n) is 9.09. The molecular formula is C31H32N2O7. The number of nitrogens with one attached hydrogen (secondary N) is 1. The highest BCUT2D eigenvalue weighted by Crippen LogP contribution is 2.25. The fourth-order valence-corrected chi connectivity index (χ4v) is 4.19. The summed E-state index contributed by atoms with van der Waals surface area (Å²) >= 11 is 0. The molecule has 9 nitrogen and oxygen atoms in total. The van der Waals surface area contributed by atoms with Crippen LogP contribution in [0.3, 0.4) is 0 Å². The summed E-state index contributed by atoms with van der Waals surface area (Å²) in [6.07, 6.45) is 0.851. The van der Waals surface area contributed by atoms with Crippen LogP contribution >= 0.6 is 0 Å². The van der Waals surface area contributed by atoms with Gasteiger partial charge in [-0.3, -0.25) is 9.59 Å². The summed E-state index contributed by atoms with van der Waals surface area (Å²) in [6.45, 7) is 2.43. The number of rotatable bonds is 13. The number of aliphatic carboxylic acids is 1. The van der Waals surface area contributed by atoms with E-state index in [9.17, 15) is 14.7 Å². The molecule has 0 saturated carbocycles. The molecule has 0 aliphatic rings. The lowest BCUT2D eigenvalue weighted by Gasteiger charge is -2.14. The van der Waals surface area contributed by atoms with E-state index >= 15 is 0 Å². The van der Waals surface area contributed by atoms with Gasteiger partial charge >= 0.3 is 5.97 Å². The van der Waals surface area contributed by atoms with E-state index in [4.69, 9.17) is 18.6 Å². The van der Waals surface area contributed by atoms with E-state index < -0.39 is 5.97 Å². The molecule has 0 saturated heterocycles. The van der Waals surface area contributed by atoms with Crippen molar-refractivity contribution in [1.82, 2.24) is 10.3 Å². The number of hydrogen-bond donors (Lipinski definition) is 2. The Morgan fingerprint density at radius 1 is 0.900 bits per heavy atom. The van der Waals surface area contributed by atoms with Crippen molar-refractivity contribution in [2.75, 3.05) is 20.8 Å². The van der Waals surface area contributed by atoms with E-state index in [1.807, 2.05) is 49.4 Å². The van der Waals surface area contributed by atoms with Crippen LogP contribution in [0, 0.1) is 6.92 Å². The zero-order valence-corrected chi connectivity index (χ0v) is 22.7. The molecule has 2 N–H and O–H groups in total. The average Bonchev–Trinajstić information content (AvgIpc) is 3.35. The van der Waals surface area contributed by atoms with Gasteiger partial charge in [0.25, 0.3) is 5.91 Å². The number of carboxylic acids is 1. The van der Waals surface area contributed by atoms with E-state index in [-0.39, 0.29) is 18.9 Å². The minimum Gasteiger partial charge on any atom is -0.497 e. The predicted octanol–water partition coefficient (Wildman–Crippen LogP) is 5.24. The van der Waals surface area contributed by atoms with Gasteiger partial charge in [-0.1, -0.05) is 24.3 Å². The molecule has 4 aromatic rings. The van der Waals surface area contributed by atoms with Crippen LogP contribution in [-0.2, 0) is 24.2 Å². The van der Waals surface area contributed by atoms with Crippen LogP contribution in [0.4, 0.5) is 0 Å². The first kappa shape index (κ1) is 28.2. The third-order valence-electron chi connectivity index (χ3n) is 6.36. The van der Waals surface area contributed by atoms with E-state index in [2.05, 4.69) is 10.3 Å². The van der Waals surface area contributed by atoms with Crippen molar-refractivity contribution in [2.24, 2.45) is 0 Å². The molecule has 0 unspecified atom stereocenters. The Kier molecular flexibility index (Phi) is 9.40. The molecule has 0 aliphatic heterocycles. The summed E-state index contributed by atoms with van der Waals surface area (Å²) in [5, 5.41) is 12.1. The third kappa shape index (κ3) is 7.41. The van der Waals surface area contributed by atoms with Crippen molar-refractivity contribution >= 4 is 11.9 Å². The number of nitrogens with zero attached hydrogens (tertiary/aromatic N) is 1. The first-order valence-electron chi connectivity index (χ1n) is 12.9. The van der Waals surface area contributed by atoms with Crippen LogP contribution in [0.25, 0.3) is 11.5 Å². The van der Waals surface area contributed by atoms with Crippen LogP contribution in [0.1, 0.15) is 39.4 Å². The zero-order valence-electron chi connectivity index (χ0n) is 22.7. The highest BCUT2D eigenvalue weighted by Gasteiger charge is 2.14. The summed E-state index contributed by atoms with van der Waals surface area (Å²) in [6, 6.07) is 20.1. The Hall–Kier alpha value is -4.79. The number of aryl methyl sites for hydroxylation is 2. The van der Waals surface area contributed by atoms with Crippen molar-refractivity contribution in [3.63, 3.8) is 0 Å². The van der Waals surface area contributed by atoms with Crippen molar-refractivity contribution < 1.29 is 33.3 Å². The Balaban J connectivity index is 1.44. The maximum Gasteiger partial charge on any atom is 0.303 e. The number of aromatic nitrogens is 1. The maximum absolute atomic E-state index is 12.9.